The maximum Gasteiger partial charge on any atom is 0.355 e. The van der Waals surface area contributed by atoms with Crippen LogP contribution in [-0.4, -0.2) is 46.2 Å². The first-order chi connectivity index (χ1) is 12.7. The molecule has 2 rings (SSSR count). The van der Waals surface area contributed by atoms with Crippen LogP contribution in [-0.2, 0) is 4.74 Å². The van der Waals surface area contributed by atoms with Crippen LogP contribution in [0.1, 0.15) is 69.5 Å². The third-order valence-corrected chi connectivity index (χ3v) is 5.34. The number of ether oxygens (including phenoxy) is 1. The predicted molar refractivity (Wildman–Crippen MR) is 106 cm³/mol. The summed E-state index contributed by atoms with van der Waals surface area (Å²) >= 11 is 1.35. The number of Topliss-reactive ketones (excluding diaryl/α,β-unsaturated/α-hetero) is 1. The molecule has 0 radical (unpaired) electrons. The summed E-state index contributed by atoms with van der Waals surface area (Å²) < 4.78 is 5.05. The van der Waals surface area contributed by atoms with Gasteiger partial charge in [0.15, 0.2) is 5.78 Å². The van der Waals surface area contributed by atoms with Gasteiger partial charge in [0.25, 0.3) is 5.91 Å². The van der Waals surface area contributed by atoms with Crippen molar-refractivity contribution in [3.05, 3.63) is 44.9 Å². The Bertz CT molecular complexity index is 837. The highest BCUT2D eigenvalue weighted by molar-refractivity contribution is 7.12. The van der Waals surface area contributed by atoms with E-state index in [2.05, 4.69) is 4.98 Å². The highest BCUT2D eigenvalue weighted by atomic mass is 32.1. The fourth-order valence-corrected chi connectivity index (χ4v) is 3.91. The molecule has 0 fully saturated rings. The van der Waals surface area contributed by atoms with E-state index in [1.54, 1.807) is 38.7 Å². The molecule has 7 heteroatoms. The Labute approximate surface area is 163 Å². The molecule has 0 aromatic carbocycles. The monoisotopic (exact) mass is 390 g/mol. The number of ketones is 1. The molecule has 1 amide bonds. The van der Waals surface area contributed by atoms with Gasteiger partial charge in [0.1, 0.15) is 5.69 Å². The van der Waals surface area contributed by atoms with E-state index < -0.39 is 12.0 Å². The number of carbonyl (C=O) groups excluding carboxylic acids is 3. The first-order valence-corrected chi connectivity index (χ1v) is 9.85. The molecule has 0 spiro atoms. The Balaban J connectivity index is 2.38. The summed E-state index contributed by atoms with van der Waals surface area (Å²) in [5.74, 6) is -0.854. The van der Waals surface area contributed by atoms with Crippen LogP contribution in [0, 0.1) is 13.8 Å². The normalized spacial score (nSPS) is 12.1. The Morgan fingerprint density at radius 2 is 1.89 bits per heavy atom. The molecule has 0 aliphatic carbocycles. The van der Waals surface area contributed by atoms with Crippen molar-refractivity contribution in [1.29, 1.82) is 0 Å². The van der Waals surface area contributed by atoms with E-state index in [1.807, 2.05) is 25.3 Å². The second-order valence-electron chi connectivity index (χ2n) is 6.67. The summed E-state index contributed by atoms with van der Waals surface area (Å²) in [6, 6.07) is 2.76. The van der Waals surface area contributed by atoms with Gasteiger partial charge in [-0.2, -0.15) is 0 Å². The average molecular weight is 391 g/mol. The number of rotatable bonds is 7. The molecule has 0 unspecified atom stereocenters. The van der Waals surface area contributed by atoms with E-state index in [0.29, 0.717) is 21.7 Å². The molecule has 2 aromatic heterocycles. The predicted octanol–water partition coefficient (Wildman–Crippen LogP) is 3.99. The van der Waals surface area contributed by atoms with E-state index in [-0.39, 0.29) is 30.0 Å². The average Bonchev–Trinajstić information content (AvgIpc) is 3.22. The number of H-pyrrole nitrogens is 1. The zero-order valence-electron chi connectivity index (χ0n) is 16.6. The van der Waals surface area contributed by atoms with E-state index in [1.165, 1.54) is 11.3 Å². The van der Waals surface area contributed by atoms with Crippen LogP contribution in [0.4, 0.5) is 0 Å². The van der Waals surface area contributed by atoms with E-state index in [4.69, 9.17) is 4.74 Å². The molecule has 0 aliphatic heterocycles. The number of esters is 1. The molecule has 1 atom stereocenters. The molecular weight excluding hydrogens is 364 g/mol. The molecule has 2 heterocycles. The topological polar surface area (TPSA) is 79.5 Å². The maximum atomic E-state index is 13.2. The van der Waals surface area contributed by atoms with E-state index in [0.717, 1.165) is 0 Å². The minimum absolute atomic E-state index is 0.150. The summed E-state index contributed by atoms with van der Waals surface area (Å²) in [5, 5.41) is 1.84. The lowest BCUT2D eigenvalue weighted by atomic mass is 9.99. The number of aromatic nitrogens is 1. The fraction of sp³-hybridized carbons (Fsp3) is 0.450. The Kier molecular flexibility index (Phi) is 6.59. The summed E-state index contributed by atoms with van der Waals surface area (Å²) in [6.07, 6.45) is 0. The van der Waals surface area contributed by atoms with Crippen LogP contribution in [0.3, 0.4) is 0 Å². The van der Waals surface area contributed by atoms with Gasteiger partial charge in [0, 0.05) is 17.3 Å². The molecule has 0 saturated heterocycles. The van der Waals surface area contributed by atoms with Gasteiger partial charge in [0.2, 0.25) is 0 Å². The molecular formula is C20H26N2O4S. The standard InChI is InChI=1S/C20H26N2O4S/c1-7-26-20(25)17-12(4)16(13(5)21-17)18(23)14(6)22(11(2)3)19(24)15-9-8-10-27-15/h8-11,14,21H,7H2,1-6H3/t14-/m0/s1. The zero-order valence-corrected chi connectivity index (χ0v) is 17.4. The summed E-state index contributed by atoms with van der Waals surface area (Å²) in [6.45, 7) is 10.9. The third kappa shape index (κ3) is 4.13. The van der Waals surface area contributed by atoms with Gasteiger partial charge in [-0.05, 0) is 58.6 Å². The summed E-state index contributed by atoms with van der Waals surface area (Å²) in [4.78, 5) is 43.4. The molecule has 146 valence electrons. The maximum absolute atomic E-state index is 13.2. The second-order valence-corrected chi connectivity index (χ2v) is 7.62. The summed E-state index contributed by atoms with van der Waals surface area (Å²) in [7, 11) is 0. The molecule has 0 aliphatic rings. The number of hydrogen-bond donors (Lipinski definition) is 1. The van der Waals surface area contributed by atoms with Crippen LogP contribution < -0.4 is 0 Å². The van der Waals surface area contributed by atoms with Gasteiger partial charge >= 0.3 is 5.97 Å². The number of hydrogen-bond acceptors (Lipinski definition) is 5. The van der Waals surface area contributed by atoms with Crippen molar-refractivity contribution in [2.45, 2.75) is 53.6 Å². The smallest absolute Gasteiger partial charge is 0.355 e. The van der Waals surface area contributed by atoms with Gasteiger partial charge in [-0.25, -0.2) is 4.79 Å². The first kappa shape index (κ1) is 20.9. The lowest BCUT2D eigenvalue weighted by Gasteiger charge is -2.32. The van der Waals surface area contributed by atoms with Gasteiger partial charge in [-0.3, -0.25) is 9.59 Å². The van der Waals surface area contributed by atoms with Crippen LogP contribution in [0.15, 0.2) is 17.5 Å². The zero-order chi connectivity index (χ0) is 20.3. The number of aromatic amines is 1. The highest BCUT2D eigenvalue weighted by Crippen LogP contribution is 2.24. The number of aryl methyl sites for hydroxylation is 1. The molecule has 0 saturated carbocycles. The lowest BCUT2D eigenvalue weighted by Crippen LogP contribution is -2.47. The molecule has 27 heavy (non-hydrogen) atoms. The van der Waals surface area contributed by atoms with Crippen molar-refractivity contribution in [2.75, 3.05) is 6.61 Å². The first-order valence-electron chi connectivity index (χ1n) is 8.97. The molecule has 0 bridgehead atoms. The Morgan fingerprint density at radius 3 is 2.41 bits per heavy atom. The second kappa shape index (κ2) is 8.52. The van der Waals surface area contributed by atoms with Gasteiger partial charge in [-0.15, -0.1) is 11.3 Å². The highest BCUT2D eigenvalue weighted by Gasteiger charge is 2.33. The minimum atomic E-state index is -0.664. The van der Waals surface area contributed by atoms with Crippen molar-refractivity contribution in [1.82, 2.24) is 9.88 Å². The van der Waals surface area contributed by atoms with Crippen molar-refractivity contribution in [2.24, 2.45) is 0 Å². The van der Waals surface area contributed by atoms with Crippen LogP contribution in [0.5, 0.6) is 0 Å². The number of nitrogens with one attached hydrogen (secondary N) is 1. The largest absolute Gasteiger partial charge is 0.461 e. The Hall–Kier alpha value is -2.41. The van der Waals surface area contributed by atoms with E-state index >= 15 is 0 Å². The van der Waals surface area contributed by atoms with Crippen molar-refractivity contribution >= 4 is 29.0 Å². The SMILES string of the molecule is CCOC(=O)c1[nH]c(C)c(C(=O)[C@H](C)N(C(=O)c2cccs2)C(C)C)c1C. The van der Waals surface area contributed by atoms with E-state index in [9.17, 15) is 14.4 Å². The Morgan fingerprint density at radius 1 is 1.22 bits per heavy atom. The lowest BCUT2D eigenvalue weighted by molar-refractivity contribution is 0.0518. The molecule has 2 aromatic rings. The van der Waals surface area contributed by atoms with Crippen molar-refractivity contribution < 1.29 is 19.1 Å². The number of nitrogens with zero attached hydrogens (tertiary/aromatic N) is 1. The summed E-state index contributed by atoms with van der Waals surface area (Å²) in [5.41, 5.74) is 1.87. The van der Waals surface area contributed by atoms with Crippen molar-refractivity contribution in [3.8, 4) is 0 Å². The van der Waals surface area contributed by atoms with Crippen LogP contribution >= 0.6 is 11.3 Å². The number of carbonyl (C=O) groups is 3. The molecule has 1 N–H and O–H groups in total. The molecule has 6 nitrogen and oxygen atoms in total. The quantitative estimate of drug-likeness (QED) is 0.573. The van der Waals surface area contributed by atoms with Gasteiger partial charge in [-0.1, -0.05) is 6.07 Å². The van der Waals surface area contributed by atoms with Gasteiger partial charge in [0.05, 0.1) is 17.5 Å². The van der Waals surface area contributed by atoms with Gasteiger partial charge < -0.3 is 14.6 Å². The van der Waals surface area contributed by atoms with Crippen LogP contribution in [0.25, 0.3) is 0 Å². The number of amides is 1. The third-order valence-electron chi connectivity index (χ3n) is 4.48. The van der Waals surface area contributed by atoms with Crippen molar-refractivity contribution in [3.63, 3.8) is 0 Å². The van der Waals surface area contributed by atoms with Crippen LogP contribution in [0.2, 0.25) is 0 Å². The minimum Gasteiger partial charge on any atom is -0.461 e. The fourth-order valence-electron chi connectivity index (χ4n) is 3.25. The number of thiophene rings is 1.